The number of carbonyl (C=O) groups excluding carboxylic acids is 1. The number of aromatic nitrogens is 1. The van der Waals surface area contributed by atoms with Gasteiger partial charge in [-0.3, -0.25) is 14.7 Å². The van der Waals surface area contributed by atoms with E-state index in [1.807, 2.05) is 12.1 Å². The van der Waals surface area contributed by atoms with Gasteiger partial charge in [0.05, 0.1) is 5.56 Å². The Morgan fingerprint density at radius 2 is 1.80 bits per heavy atom. The molecule has 1 aromatic heterocycles. The minimum atomic E-state index is -4.38. The van der Waals surface area contributed by atoms with Gasteiger partial charge in [0.25, 0.3) is 0 Å². The lowest BCUT2D eigenvalue weighted by Gasteiger charge is -2.32. The monoisotopic (exact) mass is 348 g/mol. The van der Waals surface area contributed by atoms with Crippen LogP contribution in [0.5, 0.6) is 0 Å². The Balaban J connectivity index is 1.65. The van der Waals surface area contributed by atoms with Gasteiger partial charge in [0.1, 0.15) is 0 Å². The molecule has 132 valence electrons. The van der Waals surface area contributed by atoms with Crippen molar-refractivity contribution >= 4 is 5.78 Å². The Hall–Kier alpha value is -2.21. The van der Waals surface area contributed by atoms with Gasteiger partial charge in [0.2, 0.25) is 0 Å². The maximum atomic E-state index is 12.6. The smallest absolute Gasteiger partial charge is 0.298 e. The number of hydrogen-bond donors (Lipinski definition) is 0. The fraction of sp³-hybridized carbons (Fsp3) is 0.368. The van der Waals surface area contributed by atoms with Crippen LogP contribution in [0.2, 0.25) is 0 Å². The summed E-state index contributed by atoms with van der Waals surface area (Å²) in [5.74, 6) is -0.250. The van der Waals surface area contributed by atoms with Crippen LogP contribution in [0.3, 0.4) is 0 Å². The molecule has 1 atom stereocenters. The van der Waals surface area contributed by atoms with E-state index in [4.69, 9.17) is 0 Å². The second-order valence-corrected chi connectivity index (χ2v) is 6.37. The minimum absolute atomic E-state index is 0.0758. The van der Waals surface area contributed by atoms with Crippen LogP contribution in [0.25, 0.3) is 0 Å². The lowest BCUT2D eigenvalue weighted by atomic mass is 9.89. The van der Waals surface area contributed by atoms with Crippen molar-refractivity contribution in [3.63, 3.8) is 0 Å². The average molecular weight is 348 g/mol. The van der Waals surface area contributed by atoms with Gasteiger partial charge in [0, 0.05) is 37.0 Å². The number of halogens is 3. The molecule has 0 amide bonds. The van der Waals surface area contributed by atoms with Gasteiger partial charge in [-0.15, -0.1) is 0 Å². The molecule has 3 nitrogen and oxygen atoms in total. The first-order valence-electron chi connectivity index (χ1n) is 8.26. The van der Waals surface area contributed by atoms with Gasteiger partial charge in [-0.25, -0.2) is 0 Å². The molecule has 1 unspecified atom stereocenters. The molecule has 3 rings (SSSR count). The Labute approximate surface area is 144 Å². The molecule has 1 aromatic carbocycles. The van der Waals surface area contributed by atoms with E-state index in [0.717, 1.165) is 43.6 Å². The van der Waals surface area contributed by atoms with Crippen molar-refractivity contribution in [2.75, 3.05) is 13.1 Å². The number of benzene rings is 1. The van der Waals surface area contributed by atoms with Gasteiger partial charge < -0.3 is 0 Å². The standard InChI is InChI=1S/C19H19F3N2O/c20-19(21,22)17-5-3-15(4-6-17)18(25)16-2-1-11-24(13-16)12-14-7-9-23-10-8-14/h3-10,16H,1-2,11-13H2. The number of likely N-dealkylation sites (tertiary alicyclic amines) is 1. The van der Waals surface area contributed by atoms with Gasteiger partial charge in [-0.2, -0.15) is 13.2 Å². The molecule has 2 aromatic rings. The first kappa shape index (κ1) is 17.6. The van der Waals surface area contributed by atoms with Crippen LogP contribution >= 0.6 is 0 Å². The van der Waals surface area contributed by atoms with Crippen LogP contribution in [0.4, 0.5) is 13.2 Å². The Morgan fingerprint density at radius 3 is 2.44 bits per heavy atom. The highest BCUT2D eigenvalue weighted by Crippen LogP contribution is 2.30. The van der Waals surface area contributed by atoms with Gasteiger partial charge in [-0.05, 0) is 49.2 Å². The molecular formula is C19H19F3N2O. The van der Waals surface area contributed by atoms with Gasteiger partial charge in [0.15, 0.2) is 5.78 Å². The molecule has 6 heteroatoms. The van der Waals surface area contributed by atoms with Crippen molar-refractivity contribution in [3.05, 3.63) is 65.5 Å². The summed E-state index contributed by atoms with van der Waals surface area (Å²) >= 11 is 0. The highest BCUT2D eigenvalue weighted by molar-refractivity contribution is 5.98. The molecule has 1 aliphatic heterocycles. The van der Waals surface area contributed by atoms with Crippen LogP contribution < -0.4 is 0 Å². The van der Waals surface area contributed by atoms with Crippen LogP contribution in [-0.2, 0) is 12.7 Å². The van der Waals surface area contributed by atoms with Crippen molar-refractivity contribution in [3.8, 4) is 0 Å². The van der Waals surface area contributed by atoms with Crippen LogP contribution in [0, 0.1) is 5.92 Å². The van der Waals surface area contributed by atoms with Crippen molar-refractivity contribution in [2.45, 2.75) is 25.6 Å². The van der Waals surface area contributed by atoms with E-state index in [2.05, 4.69) is 9.88 Å². The summed E-state index contributed by atoms with van der Waals surface area (Å²) in [5, 5.41) is 0. The Morgan fingerprint density at radius 1 is 1.12 bits per heavy atom. The summed E-state index contributed by atoms with van der Waals surface area (Å²) in [6.45, 7) is 2.29. The molecule has 2 heterocycles. The summed E-state index contributed by atoms with van der Waals surface area (Å²) in [6, 6.07) is 8.41. The van der Waals surface area contributed by atoms with E-state index in [9.17, 15) is 18.0 Å². The molecule has 0 aliphatic carbocycles. The topological polar surface area (TPSA) is 33.2 Å². The van der Waals surface area contributed by atoms with Crippen molar-refractivity contribution in [1.82, 2.24) is 9.88 Å². The zero-order valence-corrected chi connectivity index (χ0v) is 13.7. The fourth-order valence-corrected chi connectivity index (χ4v) is 3.22. The SMILES string of the molecule is O=C(c1ccc(C(F)(F)F)cc1)C1CCCN(Cc2ccncc2)C1. The van der Waals surface area contributed by atoms with Crippen molar-refractivity contribution < 1.29 is 18.0 Å². The zero-order valence-electron chi connectivity index (χ0n) is 13.7. The van der Waals surface area contributed by atoms with Crippen molar-refractivity contribution in [1.29, 1.82) is 0 Å². The van der Waals surface area contributed by atoms with E-state index < -0.39 is 11.7 Å². The number of nitrogens with zero attached hydrogens (tertiary/aromatic N) is 2. The third-order valence-electron chi connectivity index (χ3n) is 4.53. The number of alkyl halides is 3. The summed E-state index contributed by atoms with van der Waals surface area (Å²) in [4.78, 5) is 18.8. The maximum Gasteiger partial charge on any atom is 0.416 e. The third kappa shape index (κ3) is 4.45. The first-order chi connectivity index (χ1) is 11.9. The Bertz CT molecular complexity index is 714. The van der Waals surface area contributed by atoms with E-state index in [-0.39, 0.29) is 11.7 Å². The van der Waals surface area contributed by atoms with Crippen molar-refractivity contribution in [2.24, 2.45) is 5.92 Å². The molecule has 25 heavy (non-hydrogen) atoms. The molecular weight excluding hydrogens is 329 g/mol. The molecule has 0 spiro atoms. The normalized spacial score (nSPS) is 18.9. The summed E-state index contributed by atoms with van der Waals surface area (Å²) < 4.78 is 37.9. The second kappa shape index (κ2) is 7.35. The maximum absolute atomic E-state index is 12.6. The fourth-order valence-electron chi connectivity index (χ4n) is 3.22. The minimum Gasteiger partial charge on any atom is -0.298 e. The molecule has 0 radical (unpaired) electrons. The molecule has 1 aliphatic rings. The Kier molecular flexibility index (Phi) is 5.18. The van der Waals surface area contributed by atoms with E-state index >= 15 is 0 Å². The average Bonchev–Trinajstić information content (AvgIpc) is 2.61. The number of Topliss-reactive ketones (excluding diaryl/α,β-unsaturated/α-hetero) is 1. The highest BCUT2D eigenvalue weighted by atomic mass is 19.4. The van der Waals surface area contributed by atoms with Gasteiger partial charge in [-0.1, -0.05) is 12.1 Å². The first-order valence-corrected chi connectivity index (χ1v) is 8.26. The number of pyridine rings is 1. The molecule has 0 bridgehead atoms. The van der Waals surface area contributed by atoms with E-state index in [1.54, 1.807) is 12.4 Å². The van der Waals surface area contributed by atoms with Gasteiger partial charge >= 0.3 is 6.18 Å². The highest BCUT2D eigenvalue weighted by Gasteiger charge is 2.31. The molecule has 0 saturated carbocycles. The third-order valence-corrected chi connectivity index (χ3v) is 4.53. The zero-order chi connectivity index (χ0) is 17.9. The van der Waals surface area contributed by atoms with Crippen LogP contribution in [-0.4, -0.2) is 28.8 Å². The van der Waals surface area contributed by atoms with E-state index in [0.29, 0.717) is 12.1 Å². The quantitative estimate of drug-likeness (QED) is 0.777. The predicted octanol–water partition coefficient (Wildman–Crippen LogP) is 4.20. The molecule has 1 saturated heterocycles. The number of hydrogen-bond acceptors (Lipinski definition) is 3. The molecule has 0 N–H and O–H groups in total. The summed E-state index contributed by atoms with van der Waals surface area (Å²) in [5.41, 5.74) is 0.758. The largest absolute Gasteiger partial charge is 0.416 e. The second-order valence-electron chi connectivity index (χ2n) is 6.37. The lowest BCUT2D eigenvalue weighted by Crippen LogP contribution is -2.38. The number of rotatable bonds is 4. The number of piperidine rings is 1. The predicted molar refractivity (Wildman–Crippen MR) is 88.0 cm³/mol. The summed E-state index contributed by atoms with van der Waals surface area (Å²) in [6.07, 6.45) is 0.775. The van der Waals surface area contributed by atoms with E-state index in [1.165, 1.54) is 12.1 Å². The number of ketones is 1. The lowest BCUT2D eigenvalue weighted by molar-refractivity contribution is -0.137. The number of carbonyl (C=O) groups is 1. The van der Waals surface area contributed by atoms with Crippen LogP contribution in [0.15, 0.2) is 48.8 Å². The van der Waals surface area contributed by atoms with Crippen LogP contribution in [0.1, 0.15) is 34.3 Å². The molecule has 1 fully saturated rings. The summed E-state index contributed by atoms with van der Waals surface area (Å²) in [7, 11) is 0.